The second kappa shape index (κ2) is 10.2. The highest BCUT2D eigenvalue weighted by Crippen LogP contribution is 2.29. The number of hydrogen-bond donors (Lipinski definition) is 2. The highest BCUT2D eigenvalue weighted by Gasteiger charge is 2.33. The van der Waals surface area contributed by atoms with Crippen LogP contribution in [0.1, 0.15) is 15.9 Å². The van der Waals surface area contributed by atoms with Gasteiger partial charge in [-0.3, -0.25) is 9.48 Å². The molecule has 0 aliphatic carbocycles. The van der Waals surface area contributed by atoms with E-state index in [9.17, 15) is 22.4 Å². The van der Waals surface area contributed by atoms with Crippen LogP contribution in [0.15, 0.2) is 77.6 Å². The smallest absolute Gasteiger partial charge is 0.405 e. The first-order chi connectivity index (χ1) is 18.7. The van der Waals surface area contributed by atoms with Crippen LogP contribution in [0.25, 0.3) is 22.9 Å². The van der Waals surface area contributed by atoms with Gasteiger partial charge in [0.2, 0.25) is 0 Å². The maximum atomic E-state index is 14.3. The van der Waals surface area contributed by atoms with Crippen LogP contribution >= 0.6 is 0 Å². The average molecular weight is 539 g/mol. The zero-order chi connectivity index (χ0) is 27.6. The highest BCUT2D eigenvalue weighted by molar-refractivity contribution is 6.07. The molecule has 0 unspecified atom stereocenters. The number of carbonyl (C=O) groups is 1. The first-order valence-corrected chi connectivity index (χ1v) is 11.2. The summed E-state index contributed by atoms with van der Waals surface area (Å²) in [6.45, 7) is 0.0674. The van der Waals surface area contributed by atoms with E-state index in [0.29, 0.717) is 17.0 Å². The predicted octanol–water partition coefficient (Wildman–Crippen LogP) is 4.92. The quantitative estimate of drug-likeness (QED) is 0.279. The molecule has 10 nitrogen and oxygen atoms in total. The van der Waals surface area contributed by atoms with Crippen molar-refractivity contribution in [3.63, 3.8) is 0 Å². The third-order valence-electron chi connectivity index (χ3n) is 5.41. The Balaban J connectivity index is 1.42. The molecule has 3 N–H and O–H groups in total. The van der Waals surface area contributed by atoms with Crippen molar-refractivity contribution in [3.05, 3.63) is 90.1 Å². The van der Waals surface area contributed by atoms with Crippen LogP contribution in [0.5, 0.6) is 5.75 Å². The van der Waals surface area contributed by atoms with Crippen molar-refractivity contribution in [2.45, 2.75) is 12.9 Å². The van der Waals surface area contributed by atoms with Gasteiger partial charge in [0.25, 0.3) is 5.91 Å². The average Bonchev–Trinajstić information content (AvgIpc) is 3.56. The van der Waals surface area contributed by atoms with Crippen LogP contribution in [0.3, 0.4) is 0 Å². The summed E-state index contributed by atoms with van der Waals surface area (Å²) in [5.41, 5.74) is 7.16. The van der Waals surface area contributed by atoms with Crippen LogP contribution in [0.4, 0.5) is 29.1 Å². The number of anilines is 2. The normalized spacial score (nSPS) is 11.4. The van der Waals surface area contributed by atoms with Crippen LogP contribution < -0.4 is 15.8 Å². The SMILES string of the molecule is Nc1nc(-c2cc(-c3ccon3)n(Cc3ccccc3F)n2)ncc1NC(=O)c1ccccc1OC(F)(F)F. The summed E-state index contributed by atoms with van der Waals surface area (Å²) in [7, 11) is 0. The molecule has 5 aromatic rings. The molecule has 14 heteroatoms. The Hall–Kier alpha value is -5.27. The number of ether oxygens (including phenoxy) is 1. The largest absolute Gasteiger partial charge is 0.573 e. The van der Waals surface area contributed by atoms with Gasteiger partial charge >= 0.3 is 6.36 Å². The number of nitrogens with zero attached hydrogens (tertiary/aromatic N) is 5. The summed E-state index contributed by atoms with van der Waals surface area (Å²) in [6.07, 6.45) is -2.42. The summed E-state index contributed by atoms with van der Waals surface area (Å²) < 4.78 is 62.8. The van der Waals surface area contributed by atoms with Crippen molar-refractivity contribution in [1.82, 2.24) is 24.9 Å². The monoisotopic (exact) mass is 539 g/mol. The summed E-state index contributed by atoms with van der Waals surface area (Å²) in [6, 6.07) is 14.3. The van der Waals surface area contributed by atoms with Crippen LogP contribution in [-0.4, -0.2) is 37.2 Å². The number of nitrogens with one attached hydrogen (secondary N) is 1. The van der Waals surface area contributed by atoms with Gasteiger partial charge in [-0.15, -0.1) is 13.2 Å². The molecule has 0 spiro atoms. The van der Waals surface area contributed by atoms with E-state index in [4.69, 9.17) is 10.3 Å². The minimum absolute atomic E-state index is 0.0481. The number of carbonyl (C=O) groups excluding carboxylic acids is 1. The van der Waals surface area contributed by atoms with E-state index in [1.165, 1.54) is 35.3 Å². The van der Waals surface area contributed by atoms with Gasteiger partial charge in [0.05, 0.1) is 24.0 Å². The van der Waals surface area contributed by atoms with E-state index in [0.717, 1.165) is 12.1 Å². The molecule has 5 rings (SSSR count). The number of nitrogen functional groups attached to an aromatic ring is 1. The molecule has 0 radical (unpaired) electrons. The van der Waals surface area contributed by atoms with E-state index < -0.39 is 23.8 Å². The molecule has 0 bridgehead atoms. The molecule has 39 heavy (non-hydrogen) atoms. The molecule has 0 atom stereocenters. The number of alkyl halides is 3. The maximum Gasteiger partial charge on any atom is 0.573 e. The van der Waals surface area contributed by atoms with Crippen LogP contribution in [0.2, 0.25) is 0 Å². The van der Waals surface area contributed by atoms with E-state index in [1.807, 2.05) is 0 Å². The Morgan fingerprint density at radius 2 is 1.85 bits per heavy atom. The van der Waals surface area contributed by atoms with Crippen molar-refractivity contribution in [1.29, 1.82) is 0 Å². The van der Waals surface area contributed by atoms with Crippen molar-refractivity contribution in [2.24, 2.45) is 0 Å². The first-order valence-electron chi connectivity index (χ1n) is 11.2. The number of nitrogens with two attached hydrogens (primary N) is 1. The van der Waals surface area contributed by atoms with Crippen molar-refractivity contribution in [3.8, 4) is 28.7 Å². The Kier molecular flexibility index (Phi) is 6.66. The van der Waals surface area contributed by atoms with Gasteiger partial charge in [0.15, 0.2) is 11.6 Å². The maximum absolute atomic E-state index is 14.3. The minimum atomic E-state index is -4.99. The van der Waals surface area contributed by atoms with Crippen molar-refractivity contribution in [2.75, 3.05) is 11.1 Å². The number of rotatable bonds is 7. The molecule has 3 heterocycles. The number of aromatic nitrogens is 5. The summed E-state index contributed by atoms with van der Waals surface area (Å²) >= 11 is 0. The zero-order valence-corrected chi connectivity index (χ0v) is 19.7. The second-order valence-corrected chi connectivity index (χ2v) is 8.04. The number of halogens is 4. The molecule has 0 aliphatic rings. The van der Waals surface area contributed by atoms with Crippen molar-refractivity contribution < 1.29 is 31.6 Å². The summed E-state index contributed by atoms with van der Waals surface area (Å²) in [5.74, 6) is -2.11. The molecule has 0 saturated carbocycles. The molecule has 0 aliphatic heterocycles. The number of hydrogen-bond acceptors (Lipinski definition) is 8. The molecule has 3 aromatic heterocycles. The lowest BCUT2D eigenvalue weighted by atomic mass is 10.2. The fourth-order valence-electron chi connectivity index (χ4n) is 3.66. The first kappa shape index (κ1) is 25.4. The second-order valence-electron chi connectivity index (χ2n) is 8.04. The molecular weight excluding hydrogens is 522 g/mol. The Morgan fingerprint density at radius 1 is 1.08 bits per heavy atom. The topological polar surface area (TPSA) is 134 Å². The lowest BCUT2D eigenvalue weighted by Gasteiger charge is -2.13. The Labute approximate surface area is 217 Å². The van der Waals surface area contributed by atoms with E-state index in [2.05, 4.69) is 30.3 Å². The molecule has 198 valence electrons. The molecule has 0 saturated heterocycles. The highest BCUT2D eigenvalue weighted by atomic mass is 19.4. The Morgan fingerprint density at radius 3 is 2.56 bits per heavy atom. The van der Waals surface area contributed by atoms with Gasteiger partial charge in [0, 0.05) is 11.6 Å². The standard InChI is InChI=1S/C25H17F4N7O3/c26-16-7-3-1-5-14(16)13-36-20(17-9-10-38-35-17)11-18(34-36)23-31-12-19(22(30)33-23)32-24(37)15-6-2-4-8-21(15)39-25(27,28)29/h1-12H,13H2,(H,32,37)(H2,30,31,33). The molecular formula is C25H17F4N7O3. The van der Waals surface area contributed by atoms with Gasteiger partial charge in [0.1, 0.15) is 34.9 Å². The number of benzene rings is 2. The van der Waals surface area contributed by atoms with Gasteiger partial charge in [-0.1, -0.05) is 35.5 Å². The van der Waals surface area contributed by atoms with E-state index in [-0.39, 0.29) is 35.1 Å². The lowest BCUT2D eigenvalue weighted by Crippen LogP contribution is -2.21. The molecule has 1 amide bonds. The third-order valence-corrected chi connectivity index (χ3v) is 5.41. The van der Waals surface area contributed by atoms with Gasteiger partial charge < -0.3 is 20.3 Å². The van der Waals surface area contributed by atoms with Gasteiger partial charge in [-0.25, -0.2) is 14.4 Å². The molecule has 0 fully saturated rings. The lowest BCUT2D eigenvalue weighted by molar-refractivity contribution is -0.274. The third kappa shape index (κ3) is 5.69. The van der Waals surface area contributed by atoms with Gasteiger partial charge in [-0.05, 0) is 24.3 Å². The Bertz CT molecular complexity index is 1640. The zero-order valence-electron chi connectivity index (χ0n) is 19.7. The van der Waals surface area contributed by atoms with Gasteiger partial charge in [-0.2, -0.15) is 5.10 Å². The van der Waals surface area contributed by atoms with E-state index in [1.54, 1.807) is 30.3 Å². The van der Waals surface area contributed by atoms with E-state index >= 15 is 0 Å². The van der Waals surface area contributed by atoms with Crippen molar-refractivity contribution >= 4 is 17.4 Å². The number of para-hydroxylation sites is 1. The predicted molar refractivity (Wildman–Crippen MR) is 130 cm³/mol. The molecule has 2 aromatic carbocycles. The van der Waals surface area contributed by atoms with Crippen LogP contribution in [-0.2, 0) is 6.54 Å². The van der Waals surface area contributed by atoms with Crippen LogP contribution in [0, 0.1) is 5.82 Å². The fourth-order valence-corrected chi connectivity index (χ4v) is 3.66. The number of amides is 1. The minimum Gasteiger partial charge on any atom is -0.405 e. The summed E-state index contributed by atoms with van der Waals surface area (Å²) in [4.78, 5) is 21.0. The fraction of sp³-hybridized carbons (Fsp3) is 0.0800. The summed E-state index contributed by atoms with van der Waals surface area (Å²) in [5, 5.41) is 10.8.